The molecule has 1 unspecified atom stereocenters. The maximum Gasteiger partial charge on any atom is 0.0364 e. The van der Waals surface area contributed by atoms with E-state index in [2.05, 4.69) is 72.6 Å². The van der Waals surface area contributed by atoms with Crippen molar-refractivity contribution >= 4 is 5.69 Å². The van der Waals surface area contributed by atoms with Crippen molar-refractivity contribution in [1.82, 2.24) is 10.3 Å². The van der Waals surface area contributed by atoms with Gasteiger partial charge in [0.15, 0.2) is 0 Å². The zero-order valence-corrected chi connectivity index (χ0v) is 12.5. The molecule has 0 spiro atoms. The van der Waals surface area contributed by atoms with E-state index in [1.165, 1.54) is 16.8 Å². The number of hydrogen-bond donors (Lipinski definition) is 1. The molecule has 3 heteroatoms. The Bertz CT molecular complexity index is 523. The summed E-state index contributed by atoms with van der Waals surface area (Å²) in [6.07, 6.45) is 4.69. The highest BCUT2D eigenvalue weighted by atomic mass is 15.1. The standard InChI is InChI=1S/C17H23N3/c1-4-19-17(12-14-8-10-18-11-9-14)15-6-5-7-16(13-15)20(2)3/h5-11,13,17,19H,4,12H2,1-3H3. The average Bonchev–Trinajstić information content (AvgIpc) is 2.48. The summed E-state index contributed by atoms with van der Waals surface area (Å²) in [5.41, 5.74) is 3.87. The topological polar surface area (TPSA) is 28.2 Å². The Morgan fingerprint density at radius 1 is 1.15 bits per heavy atom. The highest BCUT2D eigenvalue weighted by molar-refractivity contribution is 5.48. The van der Waals surface area contributed by atoms with E-state index in [0.29, 0.717) is 6.04 Å². The number of nitrogens with zero attached hydrogens (tertiary/aromatic N) is 2. The van der Waals surface area contributed by atoms with Crippen LogP contribution in [0.4, 0.5) is 5.69 Å². The van der Waals surface area contributed by atoms with E-state index in [1.807, 2.05) is 12.4 Å². The lowest BCUT2D eigenvalue weighted by molar-refractivity contribution is 0.549. The van der Waals surface area contributed by atoms with Crippen LogP contribution in [-0.2, 0) is 6.42 Å². The number of pyridine rings is 1. The van der Waals surface area contributed by atoms with Crippen LogP contribution in [-0.4, -0.2) is 25.6 Å². The van der Waals surface area contributed by atoms with Gasteiger partial charge in [-0.25, -0.2) is 0 Å². The van der Waals surface area contributed by atoms with Gasteiger partial charge in [0, 0.05) is 38.2 Å². The number of hydrogen-bond acceptors (Lipinski definition) is 3. The zero-order chi connectivity index (χ0) is 14.4. The Morgan fingerprint density at radius 2 is 1.90 bits per heavy atom. The van der Waals surface area contributed by atoms with Gasteiger partial charge in [-0.1, -0.05) is 19.1 Å². The van der Waals surface area contributed by atoms with E-state index in [9.17, 15) is 0 Å². The summed E-state index contributed by atoms with van der Waals surface area (Å²) < 4.78 is 0. The maximum atomic E-state index is 4.08. The monoisotopic (exact) mass is 269 g/mol. The summed E-state index contributed by atoms with van der Waals surface area (Å²) in [6, 6.07) is 13.2. The normalized spacial score (nSPS) is 12.2. The molecule has 0 bridgehead atoms. The Labute approximate surface area is 121 Å². The van der Waals surface area contributed by atoms with Crippen LogP contribution in [0.1, 0.15) is 24.1 Å². The molecule has 1 atom stereocenters. The highest BCUT2D eigenvalue weighted by Crippen LogP contribution is 2.22. The summed E-state index contributed by atoms with van der Waals surface area (Å²) in [5, 5.41) is 3.57. The van der Waals surface area contributed by atoms with Crippen molar-refractivity contribution in [3.05, 3.63) is 59.9 Å². The van der Waals surface area contributed by atoms with E-state index in [1.54, 1.807) is 0 Å². The number of rotatable bonds is 6. The molecule has 0 saturated heterocycles. The van der Waals surface area contributed by atoms with E-state index in [0.717, 1.165) is 13.0 Å². The van der Waals surface area contributed by atoms with Crippen molar-refractivity contribution in [3.8, 4) is 0 Å². The smallest absolute Gasteiger partial charge is 0.0364 e. The predicted octanol–water partition coefficient (Wildman–Crippen LogP) is 3.04. The molecule has 0 radical (unpaired) electrons. The van der Waals surface area contributed by atoms with E-state index in [-0.39, 0.29) is 0 Å². The Kier molecular flexibility index (Phi) is 5.13. The van der Waals surface area contributed by atoms with Gasteiger partial charge in [-0.3, -0.25) is 4.98 Å². The molecule has 0 aliphatic carbocycles. The summed E-state index contributed by atoms with van der Waals surface area (Å²) >= 11 is 0. The van der Waals surface area contributed by atoms with Gasteiger partial charge in [0.05, 0.1) is 0 Å². The molecule has 0 amide bonds. The number of anilines is 1. The van der Waals surface area contributed by atoms with Gasteiger partial charge in [-0.15, -0.1) is 0 Å². The second kappa shape index (κ2) is 7.06. The lowest BCUT2D eigenvalue weighted by Crippen LogP contribution is -2.23. The lowest BCUT2D eigenvalue weighted by atomic mass is 9.99. The minimum Gasteiger partial charge on any atom is -0.378 e. The molecule has 1 aromatic carbocycles. The Balaban J connectivity index is 2.21. The third-order valence-electron chi connectivity index (χ3n) is 3.43. The van der Waals surface area contributed by atoms with Gasteiger partial charge in [-0.2, -0.15) is 0 Å². The van der Waals surface area contributed by atoms with E-state index >= 15 is 0 Å². The lowest BCUT2D eigenvalue weighted by Gasteiger charge is -2.21. The molecule has 0 fully saturated rings. The van der Waals surface area contributed by atoms with E-state index in [4.69, 9.17) is 0 Å². The summed E-state index contributed by atoms with van der Waals surface area (Å²) in [6.45, 7) is 3.11. The number of nitrogens with one attached hydrogen (secondary N) is 1. The first kappa shape index (κ1) is 14.5. The molecule has 1 aromatic heterocycles. The van der Waals surface area contributed by atoms with Crippen molar-refractivity contribution in [2.24, 2.45) is 0 Å². The summed E-state index contributed by atoms with van der Waals surface area (Å²) in [7, 11) is 4.15. The van der Waals surface area contributed by atoms with Crippen LogP contribution in [0.3, 0.4) is 0 Å². The second-order valence-electron chi connectivity index (χ2n) is 5.16. The minimum atomic E-state index is 0.335. The first-order valence-corrected chi connectivity index (χ1v) is 7.10. The third kappa shape index (κ3) is 3.81. The zero-order valence-electron chi connectivity index (χ0n) is 12.5. The van der Waals surface area contributed by atoms with Crippen LogP contribution in [0, 0.1) is 0 Å². The molecule has 1 N–H and O–H groups in total. The van der Waals surface area contributed by atoms with Gasteiger partial charge in [-0.05, 0) is 48.4 Å². The Morgan fingerprint density at radius 3 is 2.55 bits per heavy atom. The molecule has 0 aliphatic rings. The fraction of sp³-hybridized carbons (Fsp3) is 0.353. The number of benzene rings is 1. The number of aromatic nitrogens is 1. The quantitative estimate of drug-likeness (QED) is 0.873. The molecule has 2 aromatic rings. The van der Waals surface area contributed by atoms with Crippen LogP contribution >= 0.6 is 0 Å². The van der Waals surface area contributed by atoms with Crippen molar-refractivity contribution in [1.29, 1.82) is 0 Å². The minimum absolute atomic E-state index is 0.335. The van der Waals surface area contributed by atoms with Gasteiger partial charge in [0.2, 0.25) is 0 Å². The molecule has 2 rings (SSSR count). The molecule has 1 heterocycles. The molecule has 20 heavy (non-hydrogen) atoms. The summed E-state index contributed by atoms with van der Waals surface area (Å²) in [5.74, 6) is 0. The van der Waals surface area contributed by atoms with Crippen molar-refractivity contribution in [3.63, 3.8) is 0 Å². The van der Waals surface area contributed by atoms with Crippen molar-refractivity contribution in [2.45, 2.75) is 19.4 Å². The maximum absolute atomic E-state index is 4.08. The van der Waals surface area contributed by atoms with Crippen molar-refractivity contribution in [2.75, 3.05) is 25.5 Å². The molecule has 3 nitrogen and oxygen atoms in total. The largest absolute Gasteiger partial charge is 0.378 e. The first-order chi connectivity index (χ1) is 9.70. The van der Waals surface area contributed by atoms with Gasteiger partial charge in [0.1, 0.15) is 0 Å². The second-order valence-corrected chi connectivity index (χ2v) is 5.16. The van der Waals surface area contributed by atoms with Crippen LogP contribution in [0.2, 0.25) is 0 Å². The molecular formula is C17H23N3. The summed E-state index contributed by atoms with van der Waals surface area (Å²) in [4.78, 5) is 6.22. The van der Waals surface area contributed by atoms with Gasteiger partial charge >= 0.3 is 0 Å². The SMILES string of the molecule is CCNC(Cc1ccncc1)c1cccc(N(C)C)c1. The fourth-order valence-corrected chi connectivity index (χ4v) is 2.33. The van der Waals surface area contributed by atoms with Gasteiger partial charge in [0.25, 0.3) is 0 Å². The van der Waals surface area contributed by atoms with E-state index < -0.39 is 0 Å². The van der Waals surface area contributed by atoms with Crippen LogP contribution < -0.4 is 10.2 Å². The highest BCUT2D eigenvalue weighted by Gasteiger charge is 2.12. The van der Waals surface area contributed by atoms with Crippen molar-refractivity contribution < 1.29 is 0 Å². The van der Waals surface area contributed by atoms with Gasteiger partial charge < -0.3 is 10.2 Å². The molecule has 0 aliphatic heterocycles. The number of likely N-dealkylation sites (N-methyl/N-ethyl adjacent to an activating group) is 1. The molecule has 0 saturated carbocycles. The van der Waals surface area contributed by atoms with Crippen LogP contribution in [0.5, 0.6) is 0 Å². The average molecular weight is 269 g/mol. The predicted molar refractivity (Wildman–Crippen MR) is 85.1 cm³/mol. The van der Waals surface area contributed by atoms with Crippen LogP contribution in [0.25, 0.3) is 0 Å². The molecular weight excluding hydrogens is 246 g/mol. The molecule has 106 valence electrons. The first-order valence-electron chi connectivity index (χ1n) is 7.10. The Hall–Kier alpha value is -1.87. The third-order valence-corrected chi connectivity index (χ3v) is 3.43. The fourth-order valence-electron chi connectivity index (χ4n) is 2.33. The van der Waals surface area contributed by atoms with Crippen LogP contribution in [0.15, 0.2) is 48.8 Å².